The molecular weight excluding hydrogens is 397 g/mol. The first-order valence-electron chi connectivity index (χ1n) is 8.57. The van der Waals surface area contributed by atoms with Crippen molar-refractivity contribution in [1.82, 2.24) is 0 Å². The van der Waals surface area contributed by atoms with Crippen molar-refractivity contribution in [3.05, 3.63) is 99.5 Å². The largest absolute Gasteiger partial charge is 0.452 e. The SMILES string of the molecule is O=C(COC(=O)c1ccc(Cl)cc1Cl)Nc1ccccc1Cc1ccccc1. The lowest BCUT2D eigenvalue weighted by atomic mass is 10.0. The molecule has 0 aliphatic carbocycles. The van der Waals surface area contributed by atoms with Crippen LogP contribution in [0.1, 0.15) is 21.5 Å². The minimum atomic E-state index is -0.686. The number of para-hydroxylation sites is 1. The van der Waals surface area contributed by atoms with E-state index in [1.807, 2.05) is 54.6 Å². The second-order valence-electron chi connectivity index (χ2n) is 6.07. The van der Waals surface area contributed by atoms with Gasteiger partial charge in [0.15, 0.2) is 6.61 Å². The molecule has 3 rings (SSSR count). The molecule has 0 heterocycles. The second kappa shape index (κ2) is 9.40. The number of nitrogens with one attached hydrogen (secondary N) is 1. The van der Waals surface area contributed by atoms with Crippen LogP contribution in [0, 0.1) is 0 Å². The van der Waals surface area contributed by atoms with Crippen LogP contribution in [0.15, 0.2) is 72.8 Å². The Hall–Kier alpha value is -2.82. The maximum absolute atomic E-state index is 12.2. The van der Waals surface area contributed by atoms with Gasteiger partial charge >= 0.3 is 5.97 Å². The molecule has 1 N–H and O–H groups in total. The normalized spacial score (nSPS) is 10.4. The molecule has 0 aromatic heterocycles. The van der Waals surface area contributed by atoms with Crippen molar-refractivity contribution in [2.24, 2.45) is 0 Å². The maximum atomic E-state index is 12.2. The number of benzene rings is 3. The first-order chi connectivity index (χ1) is 13.5. The van der Waals surface area contributed by atoms with E-state index in [0.29, 0.717) is 17.1 Å². The van der Waals surface area contributed by atoms with E-state index in [4.69, 9.17) is 27.9 Å². The zero-order chi connectivity index (χ0) is 19.9. The van der Waals surface area contributed by atoms with Gasteiger partial charge in [0.05, 0.1) is 10.6 Å². The van der Waals surface area contributed by atoms with E-state index in [2.05, 4.69) is 5.32 Å². The third-order valence-corrected chi connectivity index (χ3v) is 4.56. The van der Waals surface area contributed by atoms with Gasteiger partial charge in [-0.3, -0.25) is 4.79 Å². The Bertz CT molecular complexity index is 990. The third kappa shape index (κ3) is 5.35. The van der Waals surface area contributed by atoms with E-state index in [0.717, 1.165) is 11.1 Å². The number of carbonyl (C=O) groups is 2. The molecule has 0 bridgehead atoms. The Labute approximate surface area is 173 Å². The lowest BCUT2D eigenvalue weighted by Crippen LogP contribution is -2.21. The summed E-state index contributed by atoms with van der Waals surface area (Å²) >= 11 is 11.8. The molecule has 0 saturated carbocycles. The van der Waals surface area contributed by atoms with E-state index in [1.165, 1.54) is 18.2 Å². The standard InChI is InChI=1S/C22H17Cl2NO3/c23-17-10-11-18(19(24)13-17)22(27)28-14-21(26)25-20-9-5-4-8-16(20)12-15-6-2-1-3-7-15/h1-11,13H,12,14H2,(H,25,26). The van der Waals surface area contributed by atoms with Crippen LogP contribution in [0.3, 0.4) is 0 Å². The number of amides is 1. The molecule has 0 unspecified atom stereocenters. The second-order valence-corrected chi connectivity index (χ2v) is 6.91. The average molecular weight is 414 g/mol. The quantitative estimate of drug-likeness (QED) is 0.551. The lowest BCUT2D eigenvalue weighted by molar-refractivity contribution is -0.119. The molecule has 0 radical (unpaired) electrons. The molecule has 3 aromatic carbocycles. The zero-order valence-electron chi connectivity index (χ0n) is 14.8. The predicted octanol–water partition coefficient (Wildman–Crippen LogP) is 5.38. The number of anilines is 1. The summed E-state index contributed by atoms with van der Waals surface area (Å²) in [5, 5.41) is 3.37. The van der Waals surface area contributed by atoms with Crippen molar-refractivity contribution in [3.63, 3.8) is 0 Å². The van der Waals surface area contributed by atoms with Crippen molar-refractivity contribution < 1.29 is 14.3 Å². The first kappa shape index (κ1) is 19.9. The summed E-state index contributed by atoms with van der Waals surface area (Å²) < 4.78 is 5.06. The van der Waals surface area contributed by atoms with Crippen molar-refractivity contribution >= 4 is 40.8 Å². The number of ether oxygens (including phenoxy) is 1. The summed E-state index contributed by atoms with van der Waals surface area (Å²) in [6.45, 7) is -0.419. The summed E-state index contributed by atoms with van der Waals surface area (Å²) in [6, 6.07) is 21.9. The molecule has 0 aliphatic heterocycles. The zero-order valence-corrected chi connectivity index (χ0v) is 16.3. The minimum absolute atomic E-state index is 0.156. The molecule has 0 spiro atoms. The number of hydrogen-bond acceptors (Lipinski definition) is 3. The van der Waals surface area contributed by atoms with E-state index in [-0.39, 0.29) is 10.6 Å². The highest BCUT2D eigenvalue weighted by Crippen LogP contribution is 2.22. The van der Waals surface area contributed by atoms with Crippen LogP contribution in [-0.4, -0.2) is 18.5 Å². The Morgan fingerprint density at radius 1 is 0.893 bits per heavy atom. The maximum Gasteiger partial charge on any atom is 0.340 e. The number of halogens is 2. The Morgan fingerprint density at radius 3 is 2.36 bits per heavy atom. The summed E-state index contributed by atoms with van der Waals surface area (Å²) in [4.78, 5) is 24.4. The summed E-state index contributed by atoms with van der Waals surface area (Å²) in [5.41, 5.74) is 2.93. The topological polar surface area (TPSA) is 55.4 Å². The van der Waals surface area contributed by atoms with Crippen LogP contribution in [0.25, 0.3) is 0 Å². The summed E-state index contributed by atoms with van der Waals surface area (Å²) in [6.07, 6.45) is 0.678. The van der Waals surface area contributed by atoms with Gasteiger partial charge in [0.1, 0.15) is 0 Å². The lowest BCUT2D eigenvalue weighted by Gasteiger charge is -2.12. The smallest absolute Gasteiger partial charge is 0.340 e. The molecule has 142 valence electrons. The summed E-state index contributed by atoms with van der Waals surface area (Å²) in [5.74, 6) is -1.12. The molecule has 0 atom stereocenters. The molecule has 28 heavy (non-hydrogen) atoms. The van der Waals surface area contributed by atoms with Gasteiger partial charge in [-0.25, -0.2) is 4.79 Å². The average Bonchev–Trinajstić information content (AvgIpc) is 2.68. The van der Waals surface area contributed by atoms with Crippen LogP contribution >= 0.6 is 23.2 Å². The summed E-state index contributed by atoms with van der Waals surface area (Å²) in [7, 11) is 0. The van der Waals surface area contributed by atoms with Crippen molar-refractivity contribution in [1.29, 1.82) is 0 Å². The van der Waals surface area contributed by atoms with Gasteiger partial charge in [-0.2, -0.15) is 0 Å². The van der Waals surface area contributed by atoms with E-state index >= 15 is 0 Å². The van der Waals surface area contributed by atoms with Gasteiger partial charge in [0.25, 0.3) is 5.91 Å². The van der Waals surface area contributed by atoms with Gasteiger partial charge in [-0.05, 0) is 41.8 Å². The van der Waals surface area contributed by atoms with Gasteiger partial charge in [0.2, 0.25) is 0 Å². The van der Waals surface area contributed by atoms with E-state index < -0.39 is 18.5 Å². The predicted molar refractivity (Wildman–Crippen MR) is 111 cm³/mol. The Kier molecular flexibility index (Phi) is 6.69. The van der Waals surface area contributed by atoms with Crippen molar-refractivity contribution in [2.75, 3.05) is 11.9 Å². The van der Waals surface area contributed by atoms with Crippen LogP contribution < -0.4 is 5.32 Å². The molecule has 0 fully saturated rings. The Morgan fingerprint density at radius 2 is 1.61 bits per heavy atom. The molecule has 6 heteroatoms. The van der Waals surface area contributed by atoms with E-state index in [1.54, 1.807) is 0 Å². The van der Waals surface area contributed by atoms with Crippen LogP contribution in [-0.2, 0) is 16.0 Å². The number of esters is 1. The van der Waals surface area contributed by atoms with Gasteiger partial charge < -0.3 is 10.1 Å². The molecule has 1 amide bonds. The fraction of sp³-hybridized carbons (Fsp3) is 0.0909. The number of rotatable bonds is 6. The van der Waals surface area contributed by atoms with Crippen LogP contribution in [0.5, 0.6) is 0 Å². The van der Waals surface area contributed by atoms with Crippen molar-refractivity contribution in [2.45, 2.75) is 6.42 Å². The van der Waals surface area contributed by atoms with Gasteiger partial charge in [0, 0.05) is 10.7 Å². The van der Waals surface area contributed by atoms with E-state index in [9.17, 15) is 9.59 Å². The fourth-order valence-corrected chi connectivity index (χ4v) is 3.15. The van der Waals surface area contributed by atoms with Crippen LogP contribution in [0.4, 0.5) is 5.69 Å². The molecule has 3 aromatic rings. The van der Waals surface area contributed by atoms with Gasteiger partial charge in [-0.1, -0.05) is 71.7 Å². The monoisotopic (exact) mass is 413 g/mol. The highest BCUT2D eigenvalue weighted by molar-refractivity contribution is 6.36. The van der Waals surface area contributed by atoms with Gasteiger partial charge in [-0.15, -0.1) is 0 Å². The Balaban J connectivity index is 1.61. The molecular formula is C22H17Cl2NO3. The first-order valence-corrected chi connectivity index (χ1v) is 9.32. The number of carbonyl (C=O) groups excluding carboxylic acids is 2. The fourth-order valence-electron chi connectivity index (χ4n) is 2.66. The third-order valence-electron chi connectivity index (χ3n) is 4.01. The minimum Gasteiger partial charge on any atom is -0.452 e. The molecule has 0 aliphatic rings. The molecule has 4 nitrogen and oxygen atoms in total. The number of hydrogen-bond donors (Lipinski definition) is 1. The highest BCUT2D eigenvalue weighted by atomic mass is 35.5. The highest BCUT2D eigenvalue weighted by Gasteiger charge is 2.15. The molecule has 0 saturated heterocycles. The van der Waals surface area contributed by atoms with Crippen LogP contribution in [0.2, 0.25) is 10.0 Å². The van der Waals surface area contributed by atoms with Crippen molar-refractivity contribution in [3.8, 4) is 0 Å².